The molecule has 106 valence electrons. The van der Waals surface area contributed by atoms with Crippen LogP contribution in [0.2, 0.25) is 0 Å². The molecule has 0 aliphatic heterocycles. The number of hydrogen-bond donors (Lipinski definition) is 1. The van der Waals surface area contributed by atoms with E-state index >= 15 is 0 Å². The zero-order chi connectivity index (χ0) is 14.0. The van der Waals surface area contributed by atoms with Crippen LogP contribution in [0.5, 0.6) is 11.5 Å². The summed E-state index contributed by atoms with van der Waals surface area (Å²) in [5.41, 5.74) is 6.45. The highest BCUT2D eigenvalue weighted by molar-refractivity contribution is 5.51. The van der Waals surface area contributed by atoms with Crippen molar-refractivity contribution in [2.45, 2.75) is 31.1 Å². The van der Waals surface area contributed by atoms with Gasteiger partial charge in [0.2, 0.25) is 0 Å². The Hall–Kier alpha value is -1.36. The molecule has 19 heavy (non-hydrogen) atoms. The van der Waals surface area contributed by atoms with Gasteiger partial charge in [0.15, 0.2) is 0 Å². The molecule has 2 rings (SSSR count). The molecule has 5 heteroatoms. The van der Waals surface area contributed by atoms with Crippen LogP contribution in [0.15, 0.2) is 12.1 Å². The van der Waals surface area contributed by atoms with Gasteiger partial charge < -0.3 is 15.2 Å². The Labute approximate surface area is 111 Å². The van der Waals surface area contributed by atoms with Crippen molar-refractivity contribution < 1.29 is 18.3 Å². The molecule has 1 fully saturated rings. The molecule has 1 aliphatic rings. The molecule has 0 atom stereocenters. The first-order chi connectivity index (χ1) is 9.07. The van der Waals surface area contributed by atoms with Crippen molar-refractivity contribution in [1.82, 2.24) is 0 Å². The number of hydrogen-bond acceptors (Lipinski definition) is 3. The quantitative estimate of drug-likeness (QED) is 0.895. The minimum Gasteiger partial charge on any atom is -0.496 e. The van der Waals surface area contributed by atoms with Crippen molar-refractivity contribution in [3.63, 3.8) is 0 Å². The van der Waals surface area contributed by atoms with Gasteiger partial charge in [-0.05, 0) is 25.0 Å². The molecule has 0 saturated heterocycles. The Bertz CT molecular complexity index is 453. The topological polar surface area (TPSA) is 44.5 Å². The maximum atomic E-state index is 13.0. The predicted molar refractivity (Wildman–Crippen MR) is 69.1 cm³/mol. The second kappa shape index (κ2) is 5.33. The Morgan fingerprint density at radius 3 is 2.21 bits per heavy atom. The standard InChI is InChI=1S/C14H19F2NO2/c1-18-11-7-10(14(8-17)4-3-5-14)12(19-2)6-9(11)13(15)16/h6-7,13H,3-5,8,17H2,1-2H3. The number of nitrogens with two attached hydrogens (primary N) is 1. The fourth-order valence-corrected chi connectivity index (χ4v) is 2.69. The fourth-order valence-electron chi connectivity index (χ4n) is 2.69. The first-order valence-corrected chi connectivity index (χ1v) is 6.32. The normalized spacial score (nSPS) is 17.2. The third kappa shape index (κ3) is 2.27. The van der Waals surface area contributed by atoms with Crippen LogP contribution < -0.4 is 15.2 Å². The summed E-state index contributed by atoms with van der Waals surface area (Å²) in [6.07, 6.45) is 0.418. The Balaban J connectivity index is 2.54. The van der Waals surface area contributed by atoms with E-state index in [4.69, 9.17) is 15.2 Å². The van der Waals surface area contributed by atoms with E-state index in [0.29, 0.717) is 12.3 Å². The number of methoxy groups -OCH3 is 2. The SMILES string of the molecule is COc1cc(C2(CN)CCC2)c(OC)cc1C(F)F. The summed E-state index contributed by atoms with van der Waals surface area (Å²) in [7, 11) is 2.89. The third-order valence-corrected chi connectivity index (χ3v) is 4.06. The zero-order valence-corrected chi connectivity index (χ0v) is 11.2. The number of ether oxygens (including phenoxy) is 2. The molecule has 0 bridgehead atoms. The van der Waals surface area contributed by atoms with Crippen molar-refractivity contribution in [3.8, 4) is 11.5 Å². The summed E-state index contributed by atoms with van der Waals surface area (Å²) < 4.78 is 36.3. The molecule has 1 aromatic carbocycles. The largest absolute Gasteiger partial charge is 0.496 e. The number of alkyl halides is 2. The molecule has 1 saturated carbocycles. The Morgan fingerprint density at radius 1 is 1.21 bits per heavy atom. The molecule has 0 amide bonds. The molecule has 1 aliphatic carbocycles. The molecule has 3 nitrogen and oxygen atoms in total. The van der Waals surface area contributed by atoms with Crippen LogP contribution in [0, 0.1) is 0 Å². The van der Waals surface area contributed by atoms with E-state index in [1.807, 2.05) is 0 Å². The molecule has 0 radical (unpaired) electrons. The van der Waals surface area contributed by atoms with Gasteiger partial charge in [-0.2, -0.15) is 0 Å². The van der Waals surface area contributed by atoms with Crippen molar-refractivity contribution >= 4 is 0 Å². The molecule has 0 unspecified atom stereocenters. The number of benzene rings is 1. The van der Waals surface area contributed by atoms with Gasteiger partial charge in [0.1, 0.15) is 11.5 Å². The molecular formula is C14H19F2NO2. The Kier molecular flexibility index (Phi) is 3.94. The minimum absolute atomic E-state index is 0.144. The average molecular weight is 271 g/mol. The van der Waals surface area contributed by atoms with Gasteiger partial charge in [0.25, 0.3) is 6.43 Å². The van der Waals surface area contributed by atoms with Crippen LogP contribution in [-0.4, -0.2) is 20.8 Å². The minimum atomic E-state index is -2.59. The lowest BCUT2D eigenvalue weighted by molar-refractivity contribution is 0.146. The fraction of sp³-hybridized carbons (Fsp3) is 0.571. The average Bonchev–Trinajstić information content (AvgIpc) is 2.37. The van der Waals surface area contributed by atoms with Crippen molar-refractivity contribution in [2.24, 2.45) is 5.73 Å². The summed E-state index contributed by atoms with van der Waals surface area (Å²) >= 11 is 0. The molecule has 1 aromatic rings. The molecule has 0 aromatic heterocycles. The second-order valence-electron chi connectivity index (χ2n) is 4.93. The smallest absolute Gasteiger partial charge is 0.267 e. The van der Waals surface area contributed by atoms with Crippen LogP contribution in [-0.2, 0) is 5.41 Å². The molecule has 2 N–H and O–H groups in total. The summed E-state index contributed by atoms with van der Waals surface area (Å²) in [4.78, 5) is 0. The molecule has 0 spiro atoms. The van der Waals surface area contributed by atoms with Gasteiger partial charge in [-0.25, -0.2) is 8.78 Å². The van der Waals surface area contributed by atoms with E-state index in [2.05, 4.69) is 0 Å². The lowest BCUT2D eigenvalue weighted by atomic mass is 9.64. The van der Waals surface area contributed by atoms with Crippen LogP contribution in [0.4, 0.5) is 8.78 Å². The van der Waals surface area contributed by atoms with Crippen molar-refractivity contribution in [1.29, 1.82) is 0 Å². The van der Waals surface area contributed by atoms with Crippen molar-refractivity contribution in [2.75, 3.05) is 20.8 Å². The summed E-state index contributed by atoms with van der Waals surface area (Å²) in [6, 6.07) is 3.03. The number of rotatable bonds is 5. The van der Waals surface area contributed by atoms with E-state index in [0.717, 1.165) is 24.8 Å². The Morgan fingerprint density at radius 2 is 1.84 bits per heavy atom. The van der Waals surface area contributed by atoms with Crippen LogP contribution >= 0.6 is 0 Å². The first-order valence-electron chi connectivity index (χ1n) is 6.32. The zero-order valence-electron chi connectivity index (χ0n) is 11.2. The van der Waals surface area contributed by atoms with Gasteiger partial charge in [0.05, 0.1) is 19.8 Å². The van der Waals surface area contributed by atoms with Gasteiger partial charge >= 0.3 is 0 Å². The first kappa shape index (κ1) is 14.1. The highest BCUT2D eigenvalue weighted by atomic mass is 19.3. The van der Waals surface area contributed by atoms with E-state index in [1.165, 1.54) is 20.3 Å². The summed E-state index contributed by atoms with van der Waals surface area (Å²) in [5.74, 6) is 0.673. The van der Waals surface area contributed by atoms with E-state index in [1.54, 1.807) is 6.07 Å². The highest BCUT2D eigenvalue weighted by Crippen LogP contribution is 2.49. The van der Waals surface area contributed by atoms with Crippen LogP contribution in [0.25, 0.3) is 0 Å². The number of halogens is 2. The monoisotopic (exact) mass is 271 g/mol. The van der Waals surface area contributed by atoms with E-state index in [9.17, 15) is 8.78 Å². The second-order valence-corrected chi connectivity index (χ2v) is 4.93. The lowest BCUT2D eigenvalue weighted by Gasteiger charge is -2.42. The van der Waals surface area contributed by atoms with Crippen LogP contribution in [0.1, 0.15) is 36.8 Å². The molecular weight excluding hydrogens is 252 g/mol. The van der Waals surface area contributed by atoms with Gasteiger partial charge in [-0.1, -0.05) is 6.42 Å². The van der Waals surface area contributed by atoms with Gasteiger partial charge in [0, 0.05) is 17.5 Å². The van der Waals surface area contributed by atoms with E-state index < -0.39 is 6.43 Å². The van der Waals surface area contributed by atoms with E-state index in [-0.39, 0.29) is 16.7 Å². The maximum Gasteiger partial charge on any atom is 0.267 e. The van der Waals surface area contributed by atoms with Gasteiger partial charge in [-0.15, -0.1) is 0 Å². The third-order valence-electron chi connectivity index (χ3n) is 4.06. The van der Waals surface area contributed by atoms with Crippen LogP contribution in [0.3, 0.4) is 0 Å². The summed E-state index contributed by atoms with van der Waals surface area (Å²) in [6.45, 7) is 0.487. The lowest BCUT2D eigenvalue weighted by Crippen LogP contribution is -2.41. The van der Waals surface area contributed by atoms with Crippen molar-refractivity contribution in [3.05, 3.63) is 23.3 Å². The maximum absolute atomic E-state index is 13.0. The summed E-state index contributed by atoms with van der Waals surface area (Å²) in [5, 5.41) is 0. The highest BCUT2D eigenvalue weighted by Gasteiger charge is 2.40. The molecule has 0 heterocycles. The van der Waals surface area contributed by atoms with Gasteiger partial charge in [-0.3, -0.25) is 0 Å². The predicted octanol–water partition coefficient (Wildman–Crippen LogP) is 3.02.